The minimum atomic E-state index is -0.611. The fourth-order valence-corrected chi connectivity index (χ4v) is 0.481. The van der Waals surface area contributed by atoms with E-state index >= 15 is 0 Å². The second-order valence-electron chi connectivity index (χ2n) is 1.49. The topological polar surface area (TPSA) is 53.4 Å². The van der Waals surface area contributed by atoms with E-state index in [1.807, 2.05) is 0 Å². The van der Waals surface area contributed by atoms with Crippen molar-refractivity contribution in [3.63, 3.8) is 0 Å². The summed E-state index contributed by atoms with van der Waals surface area (Å²) < 4.78 is 1.16. The molecule has 54 valence electrons. The monoisotopic (exact) mass is 142 g/mol. The van der Waals surface area contributed by atoms with Crippen LogP contribution in [-0.2, 0) is 9.78 Å². The average molecular weight is 142 g/mol. The summed E-state index contributed by atoms with van der Waals surface area (Å²) in [6, 6.07) is 0. The Morgan fingerprint density at radius 3 is 3.00 bits per heavy atom. The third-order valence-corrected chi connectivity index (χ3v) is 0.870. The lowest BCUT2D eigenvalue weighted by molar-refractivity contribution is -0.212. The van der Waals surface area contributed by atoms with Crippen molar-refractivity contribution in [3.05, 3.63) is 18.7 Å². The predicted molar refractivity (Wildman–Crippen MR) is 31.1 cm³/mol. The fraction of sp³-hybridized carbons (Fsp3) is 0.200. The van der Waals surface area contributed by atoms with E-state index in [4.69, 9.17) is 0 Å². The Kier molecular flexibility index (Phi) is 2.01. The molecular weight excluding hydrogens is 136 g/mol. The zero-order valence-corrected chi connectivity index (χ0v) is 5.35. The van der Waals surface area contributed by atoms with Crippen molar-refractivity contribution in [2.75, 3.05) is 7.11 Å². The number of nitrogens with zero attached hydrogens (tertiary/aromatic N) is 2. The van der Waals surface area contributed by atoms with E-state index in [-0.39, 0.29) is 0 Å². The van der Waals surface area contributed by atoms with Gasteiger partial charge in [0.25, 0.3) is 0 Å². The van der Waals surface area contributed by atoms with E-state index in [0.29, 0.717) is 0 Å². The Hall–Kier alpha value is -1.36. The first-order valence-electron chi connectivity index (χ1n) is 2.57. The SMILES string of the molecule is COOC(=O)n1ccnc1. The Labute approximate surface area is 57.1 Å². The highest BCUT2D eigenvalue weighted by Gasteiger charge is 2.02. The van der Waals surface area contributed by atoms with Gasteiger partial charge in [0, 0.05) is 12.4 Å². The molecule has 0 unspecified atom stereocenters. The Morgan fingerprint density at radius 1 is 1.70 bits per heavy atom. The Bertz CT molecular complexity index is 207. The molecule has 0 saturated heterocycles. The third kappa shape index (κ3) is 1.32. The van der Waals surface area contributed by atoms with Crippen LogP contribution < -0.4 is 0 Å². The summed E-state index contributed by atoms with van der Waals surface area (Å²) in [4.78, 5) is 22.6. The van der Waals surface area contributed by atoms with Crippen LogP contribution in [0.4, 0.5) is 4.79 Å². The maximum absolute atomic E-state index is 10.7. The maximum atomic E-state index is 10.7. The van der Waals surface area contributed by atoms with Gasteiger partial charge >= 0.3 is 6.09 Å². The molecule has 0 atom stereocenters. The van der Waals surface area contributed by atoms with Crippen molar-refractivity contribution in [3.8, 4) is 0 Å². The van der Waals surface area contributed by atoms with Crippen molar-refractivity contribution in [1.29, 1.82) is 0 Å². The van der Waals surface area contributed by atoms with Gasteiger partial charge in [-0.15, -0.1) is 0 Å². The van der Waals surface area contributed by atoms with E-state index in [0.717, 1.165) is 4.57 Å². The number of carbonyl (C=O) groups is 1. The molecule has 5 heteroatoms. The van der Waals surface area contributed by atoms with Crippen molar-refractivity contribution in [2.45, 2.75) is 0 Å². The van der Waals surface area contributed by atoms with E-state index < -0.39 is 6.09 Å². The molecule has 0 saturated carbocycles. The van der Waals surface area contributed by atoms with Crippen LogP contribution in [0.1, 0.15) is 0 Å². The highest BCUT2D eigenvalue weighted by Crippen LogP contribution is 1.88. The molecule has 0 spiro atoms. The molecule has 0 fully saturated rings. The van der Waals surface area contributed by atoms with Gasteiger partial charge in [0.15, 0.2) is 0 Å². The smallest absolute Gasteiger partial charge is 0.275 e. The van der Waals surface area contributed by atoms with Gasteiger partial charge in [0.1, 0.15) is 6.33 Å². The van der Waals surface area contributed by atoms with Crippen LogP contribution >= 0.6 is 0 Å². The molecule has 0 bridgehead atoms. The second-order valence-corrected chi connectivity index (χ2v) is 1.49. The van der Waals surface area contributed by atoms with Crippen molar-refractivity contribution < 1.29 is 14.6 Å². The number of imidazole rings is 1. The molecule has 1 aromatic heterocycles. The molecular formula is C5H6N2O3. The summed E-state index contributed by atoms with van der Waals surface area (Å²) in [5.74, 6) is 0. The predicted octanol–water partition coefficient (Wildman–Crippen LogP) is 0.429. The van der Waals surface area contributed by atoms with Gasteiger partial charge in [-0.1, -0.05) is 0 Å². The van der Waals surface area contributed by atoms with Gasteiger partial charge in [-0.3, -0.25) is 4.89 Å². The number of hydrogen-bond donors (Lipinski definition) is 0. The summed E-state index contributed by atoms with van der Waals surface area (Å²) in [5, 5.41) is 0. The standard InChI is InChI=1S/C5H6N2O3/c1-9-10-5(8)7-3-2-6-4-7/h2-4H,1H3. The molecule has 10 heavy (non-hydrogen) atoms. The summed E-state index contributed by atoms with van der Waals surface area (Å²) >= 11 is 0. The van der Waals surface area contributed by atoms with Crippen molar-refractivity contribution >= 4 is 6.09 Å². The lowest BCUT2D eigenvalue weighted by Gasteiger charge is -1.96. The fourth-order valence-electron chi connectivity index (χ4n) is 0.481. The zero-order valence-electron chi connectivity index (χ0n) is 5.35. The van der Waals surface area contributed by atoms with Gasteiger partial charge in [-0.2, -0.15) is 4.89 Å². The van der Waals surface area contributed by atoms with E-state index in [2.05, 4.69) is 14.8 Å². The normalized spacial score (nSPS) is 9.30. The molecule has 0 aliphatic heterocycles. The quantitative estimate of drug-likeness (QED) is 0.421. The lowest BCUT2D eigenvalue weighted by atomic mass is 10.9. The van der Waals surface area contributed by atoms with Gasteiger partial charge < -0.3 is 0 Å². The van der Waals surface area contributed by atoms with Crippen molar-refractivity contribution in [2.24, 2.45) is 0 Å². The van der Waals surface area contributed by atoms with E-state index in [9.17, 15) is 4.79 Å². The van der Waals surface area contributed by atoms with Crippen LogP contribution in [0.25, 0.3) is 0 Å². The minimum Gasteiger partial charge on any atom is -0.275 e. The third-order valence-electron chi connectivity index (χ3n) is 0.870. The molecule has 0 aliphatic rings. The first-order valence-corrected chi connectivity index (χ1v) is 2.57. The van der Waals surface area contributed by atoms with Gasteiger partial charge in [0.05, 0.1) is 7.11 Å². The van der Waals surface area contributed by atoms with Gasteiger partial charge in [-0.05, 0) is 0 Å². The minimum absolute atomic E-state index is 0.611. The number of aromatic nitrogens is 2. The van der Waals surface area contributed by atoms with Crippen LogP contribution in [-0.4, -0.2) is 22.8 Å². The first kappa shape index (κ1) is 6.76. The molecule has 5 nitrogen and oxygen atoms in total. The van der Waals surface area contributed by atoms with E-state index in [1.54, 1.807) is 0 Å². The van der Waals surface area contributed by atoms with Gasteiger partial charge in [0.2, 0.25) is 0 Å². The molecule has 1 rings (SSSR count). The average Bonchev–Trinajstić information content (AvgIpc) is 2.38. The van der Waals surface area contributed by atoms with Crippen LogP contribution in [0.5, 0.6) is 0 Å². The molecule has 0 aliphatic carbocycles. The number of rotatable bonds is 1. The van der Waals surface area contributed by atoms with Crippen LogP contribution in [0.3, 0.4) is 0 Å². The zero-order chi connectivity index (χ0) is 7.40. The van der Waals surface area contributed by atoms with Crippen LogP contribution in [0.15, 0.2) is 18.7 Å². The molecule has 0 radical (unpaired) electrons. The van der Waals surface area contributed by atoms with Crippen LogP contribution in [0, 0.1) is 0 Å². The summed E-state index contributed by atoms with van der Waals surface area (Å²) in [6.07, 6.45) is 3.64. The Morgan fingerprint density at radius 2 is 2.50 bits per heavy atom. The highest BCUT2D eigenvalue weighted by molar-refractivity contribution is 5.69. The van der Waals surface area contributed by atoms with Crippen LogP contribution in [0.2, 0.25) is 0 Å². The maximum Gasteiger partial charge on any atom is 0.450 e. The van der Waals surface area contributed by atoms with Gasteiger partial charge in [-0.25, -0.2) is 14.3 Å². The first-order chi connectivity index (χ1) is 4.84. The largest absolute Gasteiger partial charge is 0.450 e. The van der Waals surface area contributed by atoms with E-state index in [1.165, 1.54) is 25.8 Å². The summed E-state index contributed by atoms with van der Waals surface area (Å²) in [7, 11) is 1.26. The Balaban J connectivity index is 2.59. The summed E-state index contributed by atoms with van der Waals surface area (Å²) in [6.45, 7) is 0. The molecule has 0 amide bonds. The van der Waals surface area contributed by atoms with Crippen molar-refractivity contribution in [1.82, 2.24) is 9.55 Å². The molecule has 0 aromatic carbocycles. The second kappa shape index (κ2) is 2.98. The molecule has 0 N–H and O–H groups in total. The number of carbonyl (C=O) groups excluding carboxylic acids is 1. The number of hydrogen-bond acceptors (Lipinski definition) is 4. The lowest BCUT2D eigenvalue weighted by Crippen LogP contribution is -2.10. The molecule has 1 heterocycles. The summed E-state index contributed by atoms with van der Waals surface area (Å²) in [5.41, 5.74) is 0. The highest BCUT2D eigenvalue weighted by atomic mass is 17.2. The molecule has 1 aromatic rings.